The van der Waals surface area contributed by atoms with Gasteiger partial charge in [0.25, 0.3) is 0 Å². The Bertz CT molecular complexity index is 233. The number of carbonyl (C=O) groups is 1. The monoisotopic (exact) mass is 285 g/mol. The fourth-order valence-corrected chi connectivity index (χ4v) is 2.33. The topological polar surface area (TPSA) is 38.3 Å². The second kappa shape index (κ2) is 12.0. The minimum absolute atomic E-state index is 0.240. The van der Waals surface area contributed by atoms with Crippen molar-refractivity contribution in [3.05, 3.63) is 0 Å². The Labute approximate surface area is 125 Å². The zero-order chi connectivity index (χ0) is 15.3. The average Bonchev–Trinajstić information content (AvgIpc) is 2.43. The van der Waals surface area contributed by atoms with Gasteiger partial charge in [0.05, 0.1) is 0 Å². The second-order valence-electron chi connectivity index (χ2n) is 6.03. The van der Waals surface area contributed by atoms with Crippen molar-refractivity contribution in [3.63, 3.8) is 0 Å². The molecule has 1 N–H and O–H groups in total. The summed E-state index contributed by atoms with van der Waals surface area (Å²) in [5, 5.41) is 2.89. The molecule has 0 aliphatic carbocycles. The highest BCUT2D eigenvalue weighted by Crippen LogP contribution is 2.25. The highest BCUT2D eigenvalue weighted by atomic mass is 16.6. The SMILES string of the molecule is CCCCCCNC(=O)OC(C)(CCCC)CCCC. The van der Waals surface area contributed by atoms with E-state index in [-0.39, 0.29) is 11.7 Å². The van der Waals surface area contributed by atoms with Crippen molar-refractivity contribution < 1.29 is 9.53 Å². The average molecular weight is 285 g/mol. The number of alkyl carbamates (subject to hydrolysis) is 1. The van der Waals surface area contributed by atoms with Crippen molar-refractivity contribution in [1.29, 1.82) is 0 Å². The zero-order valence-corrected chi connectivity index (χ0v) is 14.1. The van der Waals surface area contributed by atoms with Crippen molar-refractivity contribution in [3.8, 4) is 0 Å². The summed E-state index contributed by atoms with van der Waals surface area (Å²) in [5.41, 5.74) is -0.292. The lowest BCUT2D eigenvalue weighted by atomic mass is 9.93. The molecule has 0 saturated carbocycles. The summed E-state index contributed by atoms with van der Waals surface area (Å²) in [6.45, 7) is 9.35. The lowest BCUT2D eigenvalue weighted by Crippen LogP contribution is -2.37. The van der Waals surface area contributed by atoms with Crippen LogP contribution in [-0.2, 0) is 4.74 Å². The molecule has 0 aromatic rings. The van der Waals surface area contributed by atoms with Gasteiger partial charge in [0.15, 0.2) is 0 Å². The molecular weight excluding hydrogens is 250 g/mol. The van der Waals surface area contributed by atoms with E-state index in [0.717, 1.165) is 51.5 Å². The zero-order valence-electron chi connectivity index (χ0n) is 14.1. The third-order valence-electron chi connectivity index (χ3n) is 3.76. The predicted molar refractivity (Wildman–Crippen MR) is 86.1 cm³/mol. The first kappa shape index (κ1) is 19.3. The van der Waals surface area contributed by atoms with Crippen LogP contribution in [0, 0.1) is 0 Å². The number of unbranched alkanes of at least 4 members (excludes halogenated alkanes) is 5. The number of rotatable bonds is 12. The molecule has 0 aromatic carbocycles. The van der Waals surface area contributed by atoms with E-state index in [4.69, 9.17) is 4.74 Å². The van der Waals surface area contributed by atoms with Crippen LogP contribution >= 0.6 is 0 Å². The standard InChI is InChI=1S/C17H35NO2/c1-5-8-11-12-15-18-16(19)20-17(4,13-9-6-2)14-10-7-3/h5-15H2,1-4H3,(H,18,19). The van der Waals surface area contributed by atoms with Crippen molar-refractivity contribution in [1.82, 2.24) is 5.32 Å². The van der Waals surface area contributed by atoms with Crippen LogP contribution < -0.4 is 5.32 Å². The molecule has 0 aliphatic heterocycles. The van der Waals surface area contributed by atoms with Crippen molar-refractivity contribution in [2.75, 3.05) is 6.54 Å². The maximum absolute atomic E-state index is 11.9. The Hall–Kier alpha value is -0.730. The van der Waals surface area contributed by atoms with E-state index in [1.807, 2.05) is 0 Å². The lowest BCUT2D eigenvalue weighted by Gasteiger charge is -2.29. The molecule has 120 valence electrons. The van der Waals surface area contributed by atoms with Gasteiger partial charge in [-0.1, -0.05) is 52.9 Å². The number of ether oxygens (including phenoxy) is 1. The van der Waals surface area contributed by atoms with E-state index >= 15 is 0 Å². The first-order chi connectivity index (χ1) is 9.58. The highest BCUT2D eigenvalue weighted by Gasteiger charge is 2.27. The summed E-state index contributed by atoms with van der Waals surface area (Å²) in [5.74, 6) is 0. The quantitative estimate of drug-likeness (QED) is 0.485. The number of hydrogen-bond acceptors (Lipinski definition) is 2. The molecule has 1 amide bonds. The van der Waals surface area contributed by atoms with Crippen LogP contribution in [0.25, 0.3) is 0 Å². The molecule has 0 aromatic heterocycles. The molecule has 3 heteroatoms. The third kappa shape index (κ3) is 10.1. The van der Waals surface area contributed by atoms with E-state index in [2.05, 4.69) is 33.0 Å². The Kier molecular flexibility index (Phi) is 11.6. The fraction of sp³-hybridized carbons (Fsp3) is 0.941. The first-order valence-corrected chi connectivity index (χ1v) is 8.54. The van der Waals surface area contributed by atoms with Crippen LogP contribution in [0.4, 0.5) is 4.79 Å². The predicted octanol–water partition coefficient (Wildman–Crippen LogP) is 5.43. The van der Waals surface area contributed by atoms with Gasteiger partial charge in [-0.3, -0.25) is 0 Å². The van der Waals surface area contributed by atoms with Gasteiger partial charge >= 0.3 is 6.09 Å². The highest BCUT2D eigenvalue weighted by molar-refractivity contribution is 5.67. The van der Waals surface area contributed by atoms with E-state index in [1.54, 1.807) is 0 Å². The number of hydrogen-bond donors (Lipinski definition) is 1. The van der Waals surface area contributed by atoms with Gasteiger partial charge in [-0.15, -0.1) is 0 Å². The molecule has 0 heterocycles. The molecule has 3 nitrogen and oxygen atoms in total. The van der Waals surface area contributed by atoms with Crippen LogP contribution in [0.5, 0.6) is 0 Å². The molecule has 0 spiro atoms. The normalized spacial score (nSPS) is 11.4. The smallest absolute Gasteiger partial charge is 0.407 e. The summed E-state index contributed by atoms with van der Waals surface area (Å²) >= 11 is 0. The molecule has 0 saturated heterocycles. The number of carbonyl (C=O) groups excluding carboxylic acids is 1. The van der Waals surface area contributed by atoms with Gasteiger partial charge in [0.1, 0.15) is 5.60 Å². The summed E-state index contributed by atoms with van der Waals surface area (Å²) in [7, 11) is 0. The van der Waals surface area contributed by atoms with E-state index in [9.17, 15) is 4.79 Å². The maximum atomic E-state index is 11.9. The van der Waals surface area contributed by atoms with E-state index < -0.39 is 0 Å². The van der Waals surface area contributed by atoms with Crippen LogP contribution in [0.2, 0.25) is 0 Å². The Morgan fingerprint density at radius 1 is 0.900 bits per heavy atom. The second-order valence-corrected chi connectivity index (χ2v) is 6.03. The maximum Gasteiger partial charge on any atom is 0.407 e. The Balaban J connectivity index is 4.03. The van der Waals surface area contributed by atoms with Crippen molar-refractivity contribution in [2.24, 2.45) is 0 Å². The molecule has 0 bridgehead atoms. The largest absolute Gasteiger partial charge is 0.443 e. The summed E-state index contributed by atoms with van der Waals surface area (Å²) in [6, 6.07) is 0. The molecular formula is C17H35NO2. The van der Waals surface area contributed by atoms with Crippen molar-refractivity contribution in [2.45, 2.75) is 97.5 Å². The van der Waals surface area contributed by atoms with Crippen LogP contribution in [0.3, 0.4) is 0 Å². The van der Waals surface area contributed by atoms with Gasteiger partial charge in [0.2, 0.25) is 0 Å². The molecule has 0 atom stereocenters. The minimum Gasteiger partial charge on any atom is -0.443 e. The summed E-state index contributed by atoms with van der Waals surface area (Å²) in [6.07, 6.45) is 10.9. The van der Waals surface area contributed by atoms with E-state index in [0.29, 0.717) is 0 Å². The molecule has 0 fully saturated rings. The fourth-order valence-electron chi connectivity index (χ4n) is 2.33. The van der Waals surface area contributed by atoms with E-state index in [1.165, 1.54) is 19.3 Å². The van der Waals surface area contributed by atoms with Crippen molar-refractivity contribution >= 4 is 6.09 Å². The first-order valence-electron chi connectivity index (χ1n) is 8.54. The molecule has 20 heavy (non-hydrogen) atoms. The molecule has 0 unspecified atom stereocenters. The molecule has 0 aliphatic rings. The number of amides is 1. The van der Waals surface area contributed by atoms with Gasteiger partial charge < -0.3 is 10.1 Å². The van der Waals surface area contributed by atoms with Crippen LogP contribution in [0.1, 0.15) is 91.9 Å². The van der Waals surface area contributed by atoms with Gasteiger partial charge in [0, 0.05) is 6.54 Å². The summed E-state index contributed by atoms with van der Waals surface area (Å²) < 4.78 is 5.70. The van der Waals surface area contributed by atoms with Crippen LogP contribution in [0.15, 0.2) is 0 Å². The summed E-state index contributed by atoms with van der Waals surface area (Å²) in [4.78, 5) is 11.9. The number of nitrogens with one attached hydrogen (secondary N) is 1. The van der Waals surface area contributed by atoms with Gasteiger partial charge in [-0.05, 0) is 39.0 Å². The Morgan fingerprint density at radius 3 is 1.95 bits per heavy atom. The van der Waals surface area contributed by atoms with Gasteiger partial charge in [-0.2, -0.15) is 0 Å². The minimum atomic E-state index is -0.292. The van der Waals surface area contributed by atoms with Gasteiger partial charge in [-0.25, -0.2) is 4.79 Å². The Morgan fingerprint density at radius 2 is 1.45 bits per heavy atom. The van der Waals surface area contributed by atoms with Crippen LogP contribution in [-0.4, -0.2) is 18.2 Å². The third-order valence-corrected chi connectivity index (χ3v) is 3.76. The molecule has 0 rings (SSSR count). The lowest BCUT2D eigenvalue weighted by molar-refractivity contribution is 0.00904. The molecule has 0 radical (unpaired) electrons.